The van der Waals surface area contributed by atoms with Gasteiger partial charge < -0.3 is 19.1 Å². The number of rotatable bonds is 13. The van der Waals surface area contributed by atoms with Crippen LogP contribution in [0.5, 0.6) is 0 Å². The number of piperazine rings is 1. The van der Waals surface area contributed by atoms with Gasteiger partial charge in [-0.05, 0) is 91.5 Å². The average molecular weight is 837 g/mol. The lowest BCUT2D eigenvalue weighted by Gasteiger charge is -2.45. The van der Waals surface area contributed by atoms with Crippen molar-refractivity contribution in [1.29, 1.82) is 0 Å². The molecule has 2 aromatic carbocycles. The minimum Gasteiger partial charge on any atom is -0.445 e. The Morgan fingerprint density at radius 3 is 2.26 bits per heavy atom. The van der Waals surface area contributed by atoms with Crippen molar-refractivity contribution in [1.82, 2.24) is 23.9 Å². The van der Waals surface area contributed by atoms with Gasteiger partial charge in [-0.2, -0.15) is 9.40 Å². The fourth-order valence-corrected chi connectivity index (χ4v) is 10.6. The summed E-state index contributed by atoms with van der Waals surface area (Å²) in [6.45, 7) is 26.3. The highest BCUT2D eigenvalue weighted by atomic mass is 32.2. The van der Waals surface area contributed by atoms with Crippen LogP contribution in [0.4, 0.5) is 15.3 Å². The molecule has 1 aliphatic carbocycles. The van der Waals surface area contributed by atoms with Crippen molar-refractivity contribution >= 4 is 46.9 Å². The van der Waals surface area contributed by atoms with E-state index in [1.165, 1.54) is 0 Å². The molecule has 2 aliphatic heterocycles. The molecule has 0 N–H and O–H groups in total. The third-order valence-electron chi connectivity index (χ3n) is 11.5. The third-order valence-corrected chi connectivity index (χ3v) is 15.2. The largest absolute Gasteiger partial charge is 0.445 e. The van der Waals surface area contributed by atoms with Crippen molar-refractivity contribution in [2.75, 3.05) is 37.9 Å². The van der Waals surface area contributed by atoms with Crippen LogP contribution in [0.3, 0.4) is 0 Å². The molecule has 13 nitrogen and oxygen atoms in total. The number of amides is 2. The fraction of sp³-hybridized carbons (Fsp3) is 0.605. The Morgan fingerprint density at radius 1 is 1.02 bits per heavy atom. The zero-order chi connectivity index (χ0) is 42.4. The minimum absolute atomic E-state index is 0.0262. The maximum Gasteiger partial charge on any atom is 0.410 e. The van der Waals surface area contributed by atoms with E-state index in [4.69, 9.17) is 19.3 Å². The summed E-state index contributed by atoms with van der Waals surface area (Å²) in [5.74, 6) is 0. The molecular weight excluding hydrogens is 773 g/mol. The van der Waals surface area contributed by atoms with Crippen LogP contribution in [0.1, 0.15) is 79.3 Å². The maximum atomic E-state index is 15.0. The Morgan fingerprint density at radius 2 is 1.67 bits per heavy atom. The van der Waals surface area contributed by atoms with Crippen molar-refractivity contribution in [2.24, 2.45) is 0 Å². The van der Waals surface area contributed by atoms with Gasteiger partial charge in [-0.3, -0.25) is 14.5 Å². The molecule has 2 saturated heterocycles. The lowest BCUT2D eigenvalue weighted by molar-refractivity contribution is 0.00566. The van der Waals surface area contributed by atoms with E-state index in [1.54, 1.807) is 32.4 Å². The minimum atomic E-state index is -4.07. The molecule has 318 valence electrons. The molecule has 4 atom stereocenters. The molecule has 1 aromatic heterocycles. The standard InChI is InChI=1S/C43H64N6O7SSi/c1-30(2)37-21-34(27-46(37)40(50)55-28-33-15-13-12-14-16-33)49-39-23-35(57(52,53)47(43(8)17-18-43)29-54-19-20-58(9,10)11)22-38(36(39)24-44-49)45-25-31(3)48(32(4)26-45)41(51)56-42(5,6)7/h12-16,22-24,31-32,34,37H,1,17-21,25-29H2,2-11H3/t31-,32-,34+,37-/m0/s1. The van der Waals surface area contributed by atoms with Crippen LogP contribution in [0.25, 0.3) is 10.9 Å². The van der Waals surface area contributed by atoms with Gasteiger partial charge in [0.1, 0.15) is 18.9 Å². The van der Waals surface area contributed by atoms with Gasteiger partial charge >= 0.3 is 12.2 Å². The van der Waals surface area contributed by atoms with E-state index in [0.717, 1.165) is 41.1 Å². The summed E-state index contributed by atoms with van der Waals surface area (Å²) >= 11 is 0. The van der Waals surface area contributed by atoms with Crippen LogP contribution in [0.2, 0.25) is 25.7 Å². The topological polar surface area (TPSA) is 127 Å². The zero-order valence-corrected chi connectivity index (χ0v) is 38.0. The van der Waals surface area contributed by atoms with Crippen LogP contribution in [-0.2, 0) is 30.8 Å². The lowest BCUT2D eigenvalue weighted by atomic mass is 10.1. The molecule has 3 fully saturated rings. The predicted molar refractivity (Wildman–Crippen MR) is 230 cm³/mol. The first kappa shape index (κ1) is 43.7. The molecule has 0 unspecified atom stereocenters. The van der Waals surface area contributed by atoms with Gasteiger partial charge in [0.2, 0.25) is 10.0 Å². The number of sulfonamides is 1. The van der Waals surface area contributed by atoms with Crippen molar-refractivity contribution in [3.8, 4) is 0 Å². The number of carbonyl (C=O) groups excluding carboxylic acids is 2. The summed E-state index contributed by atoms with van der Waals surface area (Å²) in [4.78, 5) is 32.8. The first-order valence-corrected chi connectivity index (χ1v) is 25.7. The number of fused-ring (bicyclic) bond motifs is 1. The first-order chi connectivity index (χ1) is 27.1. The highest BCUT2D eigenvalue weighted by Gasteiger charge is 2.50. The summed E-state index contributed by atoms with van der Waals surface area (Å²) in [5, 5.41) is 5.70. The van der Waals surface area contributed by atoms with E-state index >= 15 is 0 Å². The van der Waals surface area contributed by atoms with Crippen LogP contribution < -0.4 is 4.90 Å². The van der Waals surface area contributed by atoms with Crippen molar-refractivity contribution in [2.45, 2.75) is 140 Å². The Balaban J connectivity index is 1.37. The molecule has 0 bridgehead atoms. The number of hydrogen-bond acceptors (Lipinski definition) is 9. The van der Waals surface area contributed by atoms with Crippen LogP contribution in [-0.4, -0.2) is 115 Å². The van der Waals surface area contributed by atoms with Gasteiger partial charge in [-0.15, -0.1) is 0 Å². The molecule has 3 aromatic rings. The number of ether oxygens (including phenoxy) is 3. The van der Waals surface area contributed by atoms with Crippen molar-refractivity contribution < 1.29 is 32.2 Å². The van der Waals surface area contributed by atoms with Gasteiger partial charge in [0.05, 0.1) is 40.8 Å². The lowest BCUT2D eigenvalue weighted by Crippen LogP contribution is -2.59. The number of benzene rings is 2. The van der Waals surface area contributed by atoms with E-state index in [0.29, 0.717) is 38.2 Å². The van der Waals surface area contributed by atoms with Gasteiger partial charge in [-0.25, -0.2) is 18.0 Å². The van der Waals surface area contributed by atoms with Crippen molar-refractivity contribution in [3.05, 3.63) is 66.4 Å². The Kier molecular flexibility index (Phi) is 12.5. The fourth-order valence-electron chi connectivity index (χ4n) is 8.06. The van der Waals surface area contributed by atoms with Gasteiger partial charge in [0, 0.05) is 50.9 Å². The first-order valence-electron chi connectivity index (χ1n) is 20.6. The summed E-state index contributed by atoms with van der Waals surface area (Å²) in [6, 6.07) is 13.0. The quantitative estimate of drug-likeness (QED) is 0.0724. The summed E-state index contributed by atoms with van der Waals surface area (Å²) in [5.41, 5.74) is 1.90. The molecule has 58 heavy (non-hydrogen) atoms. The second-order valence-electron chi connectivity index (χ2n) is 19.1. The molecule has 15 heteroatoms. The third kappa shape index (κ3) is 9.74. The number of hydrogen-bond donors (Lipinski definition) is 0. The van der Waals surface area contributed by atoms with Crippen LogP contribution in [0, 0.1) is 0 Å². The molecule has 6 rings (SSSR count). The SMILES string of the molecule is C=C(C)[C@@H]1C[C@@H](n2ncc3c(N4C[C@H](C)N(C(=O)OC(C)(C)C)[C@@H](C)C4)cc(S(=O)(=O)N(COCC[Si](C)(C)C)C4(C)CC4)cc32)CN1C(=O)OCc1ccccc1. The van der Waals surface area contributed by atoms with Crippen LogP contribution in [0.15, 0.2) is 65.7 Å². The van der Waals surface area contributed by atoms with Gasteiger partial charge in [0.15, 0.2) is 0 Å². The smallest absolute Gasteiger partial charge is 0.410 e. The number of likely N-dealkylation sites (tertiary alicyclic amines) is 1. The molecular formula is C43H64N6O7SSi. The second kappa shape index (κ2) is 16.6. The summed E-state index contributed by atoms with van der Waals surface area (Å²) < 4.78 is 51.1. The van der Waals surface area contributed by atoms with Gasteiger partial charge in [-0.1, -0.05) is 62.1 Å². The normalized spacial score (nSPS) is 22.4. The monoisotopic (exact) mass is 836 g/mol. The number of carbonyl (C=O) groups is 2. The Hall–Kier alpha value is -3.92. The Labute approximate surface area is 346 Å². The summed E-state index contributed by atoms with van der Waals surface area (Å²) in [6.07, 6.45) is 3.02. The molecule has 0 radical (unpaired) electrons. The zero-order valence-electron chi connectivity index (χ0n) is 36.2. The average Bonchev–Trinajstić information content (AvgIpc) is 3.49. The molecule has 0 spiro atoms. The van der Waals surface area contributed by atoms with Crippen LogP contribution >= 0.6 is 0 Å². The van der Waals surface area contributed by atoms with Crippen molar-refractivity contribution in [3.63, 3.8) is 0 Å². The predicted octanol–water partition coefficient (Wildman–Crippen LogP) is 8.25. The highest BCUT2D eigenvalue weighted by Crippen LogP contribution is 2.45. The molecule has 2 amide bonds. The highest BCUT2D eigenvalue weighted by molar-refractivity contribution is 7.89. The number of aromatic nitrogens is 2. The van der Waals surface area contributed by atoms with E-state index < -0.39 is 35.3 Å². The summed E-state index contributed by atoms with van der Waals surface area (Å²) in [7, 11) is -5.46. The van der Waals surface area contributed by atoms with E-state index in [-0.39, 0.29) is 48.5 Å². The maximum absolute atomic E-state index is 15.0. The van der Waals surface area contributed by atoms with E-state index in [2.05, 4.69) is 31.1 Å². The second-order valence-corrected chi connectivity index (χ2v) is 26.6. The molecule has 3 heterocycles. The van der Waals surface area contributed by atoms with E-state index in [9.17, 15) is 18.0 Å². The Bertz CT molecular complexity index is 2080. The van der Waals surface area contributed by atoms with E-state index in [1.807, 2.05) is 83.5 Å². The van der Waals surface area contributed by atoms with Gasteiger partial charge in [0.25, 0.3) is 0 Å². The molecule has 1 saturated carbocycles. The molecule has 3 aliphatic rings. The number of anilines is 1. The number of nitrogens with zero attached hydrogens (tertiary/aromatic N) is 6.